The maximum Gasteiger partial charge on any atom is 0.323 e. The minimum absolute atomic E-state index is 0.177. The molecule has 6 rings (SSSR count). The van der Waals surface area contributed by atoms with E-state index in [-0.39, 0.29) is 10.6 Å². The van der Waals surface area contributed by atoms with Gasteiger partial charge in [0.15, 0.2) is 5.65 Å². The fourth-order valence-corrected chi connectivity index (χ4v) is 5.37. The molecule has 0 amide bonds. The molecule has 0 aliphatic carbocycles. The molecule has 0 unspecified atom stereocenters. The molecule has 4 heterocycles. The molecule has 2 aromatic carbocycles. The Hall–Kier alpha value is -4.61. The van der Waals surface area contributed by atoms with Gasteiger partial charge < -0.3 is 9.97 Å². The van der Waals surface area contributed by atoms with Gasteiger partial charge in [0.2, 0.25) is 10.0 Å². The number of aromatic amines is 2. The Balaban J connectivity index is 1.67. The van der Waals surface area contributed by atoms with Crippen LogP contribution in [-0.4, -0.2) is 56.4 Å². The van der Waals surface area contributed by atoms with Crippen LogP contribution in [0.25, 0.3) is 50.3 Å². The van der Waals surface area contributed by atoms with Gasteiger partial charge in [-0.25, -0.2) is 27.0 Å². The highest BCUT2D eigenvalue weighted by Gasteiger charge is 2.23. The average molecular weight is 512 g/mol. The van der Waals surface area contributed by atoms with E-state index in [0.717, 1.165) is 16.7 Å². The molecule has 0 spiro atoms. The predicted octanol–water partition coefficient (Wildman–Crippen LogP) is 3.55. The SMILES string of the molecule is CN(C)S(=O)(=O)c1cccc(-c2ccnc3c(-c4cccc5[nH]c(=O)[nH]c45)c(-c4ccncc4)nn23)c1. The molecule has 0 atom stereocenters. The number of hydrogen-bond acceptors (Lipinski definition) is 6. The van der Waals surface area contributed by atoms with Crippen molar-refractivity contribution >= 4 is 26.7 Å². The van der Waals surface area contributed by atoms with Crippen molar-refractivity contribution in [1.29, 1.82) is 0 Å². The second-order valence-electron chi connectivity index (χ2n) is 8.65. The molecule has 184 valence electrons. The van der Waals surface area contributed by atoms with Crippen LogP contribution in [-0.2, 0) is 10.0 Å². The van der Waals surface area contributed by atoms with Crippen LogP contribution in [0.2, 0.25) is 0 Å². The minimum Gasteiger partial charge on any atom is -0.306 e. The molecule has 0 aliphatic rings. The Morgan fingerprint density at radius 2 is 1.68 bits per heavy atom. The molecule has 0 saturated carbocycles. The molecule has 0 bridgehead atoms. The normalized spacial score (nSPS) is 12.1. The van der Waals surface area contributed by atoms with Crippen molar-refractivity contribution in [2.75, 3.05) is 14.1 Å². The first-order valence-electron chi connectivity index (χ1n) is 11.4. The molecule has 0 fully saturated rings. The number of pyridine rings is 1. The lowest BCUT2D eigenvalue weighted by Gasteiger charge is -2.12. The van der Waals surface area contributed by atoms with E-state index in [0.29, 0.717) is 33.6 Å². The van der Waals surface area contributed by atoms with Crippen LogP contribution >= 0.6 is 0 Å². The van der Waals surface area contributed by atoms with Crippen molar-refractivity contribution in [3.05, 3.63) is 89.7 Å². The number of hydrogen-bond donors (Lipinski definition) is 2. The van der Waals surface area contributed by atoms with Crippen LogP contribution in [0.3, 0.4) is 0 Å². The standard InChI is InChI=1S/C26H21N7O3S/c1-32(2)37(35,36)18-6-3-5-17(15-18)21-11-14-28-25-22(19-7-4-8-20-24(19)30-26(34)29-20)23(31-33(21)25)16-9-12-27-13-10-16/h3-15H,1-2H3,(H2,29,30,34). The number of benzene rings is 2. The Morgan fingerprint density at radius 3 is 2.46 bits per heavy atom. The van der Waals surface area contributed by atoms with Crippen molar-refractivity contribution in [2.24, 2.45) is 0 Å². The van der Waals surface area contributed by atoms with Gasteiger partial charge in [0.05, 0.1) is 27.2 Å². The van der Waals surface area contributed by atoms with E-state index in [1.165, 1.54) is 18.4 Å². The molecule has 10 nitrogen and oxygen atoms in total. The van der Waals surface area contributed by atoms with Gasteiger partial charge in [0.1, 0.15) is 5.69 Å². The van der Waals surface area contributed by atoms with Crippen LogP contribution in [0.5, 0.6) is 0 Å². The molecule has 0 saturated heterocycles. The zero-order valence-corrected chi connectivity index (χ0v) is 20.7. The molecule has 11 heteroatoms. The summed E-state index contributed by atoms with van der Waals surface area (Å²) in [7, 11) is -0.629. The zero-order chi connectivity index (χ0) is 25.7. The summed E-state index contributed by atoms with van der Waals surface area (Å²) >= 11 is 0. The van der Waals surface area contributed by atoms with E-state index < -0.39 is 10.0 Å². The number of nitrogens with zero attached hydrogens (tertiary/aromatic N) is 5. The van der Waals surface area contributed by atoms with E-state index >= 15 is 0 Å². The summed E-state index contributed by atoms with van der Waals surface area (Å²) in [4.78, 5) is 26.8. The van der Waals surface area contributed by atoms with E-state index in [4.69, 9.17) is 5.10 Å². The summed E-state index contributed by atoms with van der Waals surface area (Å²) < 4.78 is 28.5. The second-order valence-corrected chi connectivity index (χ2v) is 10.8. The van der Waals surface area contributed by atoms with Gasteiger partial charge in [-0.05, 0) is 36.4 Å². The zero-order valence-electron chi connectivity index (χ0n) is 19.9. The van der Waals surface area contributed by atoms with E-state index in [1.807, 2.05) is 36.4 Å². The summed E-state index contributed by atoms with van der Waals surface area (Å²) in [6, 6.07) is 17.8. The Kier molecular flexibility index (Phi) is 5.25. The Morgan fingerprint density at radius 1 is 0.892 bits per heavy atom. The Bertz CT molecular complexity index is 1960. The van der Waals surface area contributed by atoms with Gasteiger partial charge in [-0.3, -0.25) is 4.98 Å². The number of para-hydroxylation sites is 1. The Labute approximate surface area is 211 Å². The van der Waals surface area contributed by atoms with Gasteiger partial charge in [0.25, 0.3) is 0 Å². The lowest BCUT2D eigenvalue weighted by molar-refractivity contribution is 0.521. The third-order valence-electron chi connectivity index (χ3n) is 6.20. The van der Waals surface area contributed by atoms with Crippen LogP contribution in [0, 0.1) is 0 Å². The molecule has 0 radical (unpaired) electrons. The number of rotatable bonds is 5. The van der Waals surface area contributed by atoms with Crippen LogP contribution in [0.1, 0.15) is 0 Å². The molecule has 37 heavy (non-hydrogen) atoms. The van der Waals surface area contributed by atoms with Crippen LogP contribution in [0.4, 0.5) is 0 Å². The van der Waals surface area contributed by atoms with Gasteiger partial charge >= 0.3 is 5.69 Å². The third-order valence-corrected chi connectivity index (χ3v) is 8.01. The van der Waals surface area contributed by atoms with E-state index in [1.54, 1.807) is 47.4 Å². The topological polar surface area (TPSA) is 129 Å². The highest BCUT2D eigenvalue weighted by atomic mass is 32.2. The molecular weight excluding hydrogens is 490 g/mol. The molecule has 2 N–H and O–H groups in total. The quantitative estimate of drug-likeness (QED) is 0.364. The highest BCUT2D eigenvalue weighted by molar-refractivity contribution is 7.89. The molecule has 0 aliphatic heterocycles. The number of aromatic nitrogens is 6. The monoisotopic (exact) mass is 511 g/mol. The molecule has 4 aromatic heterocycles. The number of imidazole rings is 1. The number of nitrogens with one attached hydrogen (secondary N) is 2. The molecule has 6 aromatic rings. The van der Waals surface area contributed by atoms with Gasteiger partial charge in [0, 0.05) is 49.4 Å². The first-order valence-corrected chi connectivity index (χ1v) is 12.8. The maximum atomic E-state index is 12.8. The lowest BCUT2D eigenvalue weighted by atomic mass is 10.0. The van der Waals surface area contributed by atoms with Crippen LogP contribution in [0.15, 0.2) is 88.9 Å². The second kappa shape index (κ2) is 8.50. The van der Waals surface area contributed by atoms with Crippen molar-refractivity contribution < 1.29 is 8.42 Å². The lowest BCUT2D eigenvalue weighted by Crippen LogP contribution is -2.22. The summed E-state index contributed by atoms with van der Waals surface area (Å²) in [6.07, 6.45) is 5.04. The minimum atomic E-state index is -3.63. The largest absolute Gasteiger partial charge is 0.323 e. The number of fused-ring (bicyclic) bond motifs is 2. The number of sulfonamides is 1. The van der Waals surface area contributed by atoms with Crippen molar-refractivity contribution in [3.63, 3.8) is 0 Å². The summed E-state index contributed by atoms with van der Waals surface area (Å²) in [5, 5.41) is 4.94. The molecular formula is C26H21N7O3S. The van der Waals surface area contributed by atoms with Crippen LogP contribution < -0.4 is 5.69 Å². The first kappa shape index (κ1) is 22.8. The highest BCUT2D eigenvalue weighted by Crippen LogP contribution is 2.38. The first-order chi connectivity index (χ1) is 17.8. The van der Waals surface area contributed by atoms with Crippen molar-refractivity contribution in [2.45, 2.75) is 4.90 Å². The summed E-state index contributed by atoms with van der Waals surface area (Å²) in [5.41, 5.74) is 5.84. The average Bonchev–Trinajstić information content (AvgIpc) is 3.49. The smallest absolute Gasteiger partial charge is 0.306 e. The van der Waals surface area contributed by atoms with Gasteiger partial charge in [-0.15, -0.1) is 0 Å². The number of H-pyrrole nitrogens is 2. The van der Waals surface area contributed by atoms with E-state index in [2.05, 4.69) is 19.9 Å². The van der Waals surface area contributed by atoms with Crippen molar-refractivity contribution in [3.8, 4) is 33.6 Å². The maximum absolute atomic E-state index is 12.8. The van der Waals surface area contributed by atoms with Crippen molar-refractivity contribution in [1.82, 2.24) is 33.9 Å². The fraction of sp³-hybridized carbons (Fsp3) is 0.0769. The fourth-order valence-electron chi connectivity index (χ4n) is 4.42. The summed E-state index contributed by atoms with van der Waals surface area (Å²) in [6.45, 7) is 0. The predicted molar refractivity (Wildman–Crippen MR) is 140 cm³/mol. The van der Waals surface area contributed by atoms with E-state index in [9.17, 15) is 13.2 Å². The van der Waals surface area contributed by atoms with Gasteiger partial charge in [-0.1, -0.05) is 24.3 Å². The third kappa shape index (κ3) is 3.72. The summed E-state index contributed by atoms with van der Waals surface area (Å²) in [5.74, 6) is 0. The van der Waals surface area contributed by atoms with Gasteiger partial charge in [-0.2, -0.15) is 5.10 Å².